The minimum absolute atomic E-state index is 0.0301. The van der Waals surface area contributed by atoms with Crippen LogP contribution in [0.4, 0.5) is 11.4 Å². The number of imide groups is 2. The highest BCUT2D eigenvalue weighted by Crippen LogP contribution is 2.60. The molecule has 11 nitrogen and oxygen atoms in total. The van der Waals surface area contributed by atoms with E-state index in [0.29, 0.717) is 45.3 Å². The van der Waals surface area contributed by atoms with Gasteiger partial charge in [0.05, 0.1) is 63.5 Å². The number of nitrogens with zero attached hydrogens (tertiary/aromatic N) is 2. The molecule has 11 heteroatoms. The largest absolute Gasteiger partial charge is 0.507 e. The van der Waals surface area contributed by atoms with E-state index in [1.165, 1.54) is 9.80 Å². The molecule has 4 aliphatic rings. The van der Waals surface area contributed by atoms with Crippen LogP contribution in [0.15, 0.2) is 133 Å². The van der Waals surface area contributed by atoms with Gasteiger partial charge in [0.25, 0.3) is 0 Å². The Kier molecular flexibility index (Phi) is 11.2. The van der Waals surface area contributed by atoms with Crippen molar-refractivity contribution in [1.29, 1.82) is 0 Å². The van der Waals surface area contributed by atoms with E-state index in [4.69, 9.17) is 18.9 Å². The van der Waals surface area contributed by atoms with Crippen molar-refractivity contribution in [2.45, 2.75) is 18.8 Å². The average molecular weight is 893 g/mol. The predicted octanol–water partition coefficient (Wildman–Crippen LogP) is 9.97. The number of aromatic hydroxyl groups is 1. The Bertz CT molecular complexity index is 3060. The Morgan fingerprint density at radius 2 is 1.07 bits per heavy atom. The van der Waals surface area contributed by atoms with Gasteiger partial charge < -0.3 is 24.1 Å². The number of phenols is 1. The molecule has 6 atom stereocenters. The van der Waals surface area contributed by atoms with Gasteiger partial charge >= 0.3 is 0 Å². The van der Waals surface area contributed by atoms with Crippen LogP contribution >= 0.6 is 0 Å². The van der Waals surface area contributed by atoms with Gasteiger partial charge in [-0.15, -0.1) is 0 Å². The van der Waals surface area contributed by atoms with Crippen LogP contribution < -0.4 is 28.7 Å². The fourth-order valence-electron chi connectivity index (χ4n) is 10.7. The Labute approximate surface area is 388 Å². The van der Waals surface area contributed by atoms with Crippen LogP contribution in [0.3, 0.4) is 0 Å². The molecular weight excluding hydrogens is 845 g/mol. The normalized spacial score (nSPS) is 22.3. The van der Waals surface area contributed by atoms with Gasteiger partial charge in [-0.25, -0.2) is 0 Å². The first-order chi connectivity index (χ1) is 32.6. The molecule has 0 bridgehead atoms. The number of allylic oxidation sites excluding steroid dienone is 2. The van der Waals surface area contributed by atoms with E-state index in [2.05, 4.69) is 0 Å². The molecule has 3 fully saturated rings. The van der Waals surface area contributed by atoms with Crippen LogP contribution in [0.1, 0.15) is 46.6 Å². The van der Waals surface area contributed by atoms with E-state index in [0.717, 1.165) is 33.2 Å². The maximum atomic E-state index is 14.9. The second-order valence-electron chi connectivity index (χ2n) is 17.3. The lowest BCUT2D eigenvalue weighted by atomic mass is 9.57. The van der Waals surface area contributed by atoms with Crippen LogP contribution in [-0.4, -0.2) is 57.2 Å². The molecule has 0 aromatic heterocycles. The number of ether oxygens (including phenoxy) is 4. The lowest BCUT2D eigenvalue weighted by Crippen LogP contribution is -2.43. The highest BCUT2D eigenvalue weighted by molar-refractivity contribution is 6.24. The monoisotopic (exact) mass is 892 g/mol. The SMILES string of the molecule is COc1ccc(OC)c(C=Cc2ccc(N3C(=O)[C@H]4[C@H](CC=C5[C@H]4C[C@H]4C(=O)N(c6ccc(C=Cc7cc(OC)ccc7OC)cc6)C(=O)[C@H]4[C@H]5c4ccc5ccccc5c4O)C3=O)cc2)c1. The third-order valence-corrected chi connectivity index (χ3v) is 14.0. The van der Waals surface area contributed by atoms with Crippen molar-refractivity contribution in [2.75, 3.05) is 38.2 Å². The summed E-state index contributed by atoms with van der Waals surface area (Å²) in [5.41, 5.74) is 5.53. The lowest BCUT2D eigenvalue weighted by Gasteiger charge is -2.44. The smallest absolute Gasteiger partial charge is 0.238 e. The molecule has 2 heterocycles. The van der Waals surface area contributed by atoms with Crippen molar-refractivity contribution in [2.24, 2.45) is 29.6 Å². The average Bonchev–Trinajstić information content (AvgIpc) is 3.77. The van der Waals surface area contributed by atoms with E-state index in [9.17, 15) is 24.3 Å². The van der Waals surface area contributed by atoms with E-state index in [1.807, 2.05) is 127 Å². The summed E-state index contributed by atoms with van der Waals surface area (Å²) >= 11 is 0. The standard InChI is InChI=1S/C56H48N2O9/c1-64-39-22-27-47(66-3)35(29-39)15-9-32-11-18-37(19-12-32)57-53(60)44-26-25-42-45(50(44)55(57)62)31-46-51(49(42)43-24-17-34-7-5-6-8-41(34)52(43)59)56(63)58(54(46)61)38-20-13-33(14-21-38)10-16-36-30-40(65-2)23-28-48(36)67-4/h5-25,27-30,44-46,49-51,59H,26,31H2,1-4H3/t44-,45+,46+,49+,50-,51+/m0/s1. The summed E-state index contributed by atoms with van der Waals surface area (Å²) in [4.78, 5) is 61.4. The Morgan fingerprint density at radius 1 is 0.537 bits per heavy atom. The minimum atomic E-state index is -0.848. The summed E-state index contributed by atoms with van der Waals surface area (Å²) in [6, 6.07) is 36.8. The van der Waals surface area contributed by atoms with Crippen LogP contribution in [-0.2, 0) is 19.2 Å². The summed E-state index contributed by atoms with van der Waals surface area (Å²) in [7, 11) is 6.42. The first-order valence-electron chi connectivity index (χ1n) is 22.3. The fourth-order valence-corrected chi connectivity index (χ4v) is 10.7. The van der Waals surface area contributed by atoms with Crippen molar-refractivity contribution >= 4 is 70.1 Å². The maximum Gasteiger partial charge on any atom is 0.238 e. The second kappa shape index (κ2) is 17.5. The zero-order valence-corrected chi connectivity index (χ0v) is 37.4. The predicted molar refractivity (Wildman–Crippen MR) is 258 cm³/mol. The molecule has 2 aliphatic heterocycles. The first kappa shape index (κ1) is 43.0. The van der Waals surface area contributed by atoms with Gasteiger partial charge in [0.1, 0.15) is 28.7 Å². The molecule has 1 saturated carbocycles. The van der Waals surface area contributed by atoms with Gasteiger partial charge in [-0.05, 0) is 95.9 Å². The van der Waals surface area contributed by atoms with Gasteiger partial charge in [-0.1, -0.05) is 96.6 Å². The number of anilines is 2. The maximum absolute atomic E-state index is 14.9. The molecule has 336 valence electrons. The zero-order chi connectivity index (χ0) is 46.5. The summed E-state index contributed by atoms with van der Waals surface area (Å²) in [6.45, 7) is 0. The second-order valence-corrected chi connectivity index (χ2v) is 17.3. The number of carbonyl (C=O) groups excluding carboxylic acids is 4. The molecule has 67 heavy (non-hydrogen) atoms. The molecule has 2 aliphatic carbocycles. The highest BCUT2D eigenvalue weighted by atomic mass is 16.5. The summed E-state index contributed by atoms with van der Waals surface area (Å²) < 4.78 is 21.9. The van der Waals surface area contributed by atoms with Gasteiger partial charge in [-0.3, -0.25) is 29.0 Å². The van der Waals surface area contributed by atoms with Gasteiger partial charge in [0.2, 0.25) is 23.6 Å². The molecular formula is C56H48N2O9. The number of carbonyl (C=O) groups is 4. The van der Waals surface area contributed by atoms with Crippen molar-refractivity contribution in [3.63, 3.8) is 0 Å². The number of fused-ring (bicyclic) bond motifs is 5. The van der Waals surface area contributed by atoms with E-state index in [1.54, 1.807) is 52.7 Å². The Morgan fingerprint density at radius 3 is 1.63 bits per heavy atom. The minimum Gasteiger partial charge on any atom is -0.507 e. The quantitative estimate of drug-likeness (QED) is 0.0767. The van der Waals surface area contributed by atoms with Gasteiger partial charge in [-0.2, -0.15) is 0 Å². The Balaban J connectivity index is 0.965. The molecule has 6 aromatic rings. The zero-order valence-electron chi connectivity index (χ0n) is 37.4. The third kappa shape index (κ3) is 7.40. The number of phenolic OH excluding ortho intramolecular Hbond substituents is 1. The first-order valence-corrected chi connectivity index (χ1v) is 22.3. The van der Waals surface area contributed by atoms with E-state index in [-0.39, 0.29) is 42.2 Å². The number of hydrogen-bond acceptors (Lipinski definition) is 9. The molecule has 4 amide bonds. The van der Waals surface area contributed by atoms with Gasteiger partial charge in [0.15, 0.2) is 0 Å². The van der Waals surface area contributed by atoms with Crippen LogP contribution in [0, 0.1) is 29.6 Å². The molecule has 10 rings (SSSR count). The number of methoxy groups -OCH3 is 4. The molecule has 0 unspecified atom stereocenters. The molecule has 2 saturated heterocycles. The van der Waals surface area contributed by atoms with Crippen molar-refractivity contribution in [1.82, 2.24) is 0 Å². The molecule has 0 spiro atoms. The van der Waals surface area contributed by atoms with E-state index >= 15 is 0 Å². The van der Waals surface area contributed by atoms with Crippen molar-refractivity contribution in [3.05, 3.63) is 161 Å². The summed E-state index contributed by atoms with van der Waals surface area (Å²) in [6.07, 6.45) is 10.1. The number of amides is 4. The van der Waals surface area contributed by atoms with Crippen molar-refractivity contribution < 1.29 is 43.2 Å². The van der Waals surface area contributed by atoms with Crippen LogP contribution in [0.5, 0.6) is 28.7 Å². The highest BCUT2D eigenvalue weighted by Gasteiger charge is 2.62. The number of rotatable bonds is 11. The van der Waals surface area contributed by atoms with Crippen molar-refractivity contribution in [3.8, 4) is 28.7 Å². The third-order valence-electron chi connectivity index (χ3n) is 14.0. The fraction of sp³-hybridized carbons (Fsp3) is 0.214. The summed E-state index contributed by atoms with van der Waals surface area (Å²) in [5.74, 6) is -2.90. The van der Waals surface area contributed by atoms with Gasteiger partial charge in [0, 0.05) is 28.0 Å². The molecule has 1 N–H and O–H groups in total. The van der Waals surface area contributed by atoms with E-state index < -0.39 is 35.5 Å². The topological polar surface area (TPSA) is 132 Å². The lowest BCUT2D eigenvalue weighted by molar-refractivity contribution is -0.126. The van der Waals surface area contributed by atoms with Crippen LogP contribution in [0.2, 0.25) is 0 Å². The number of hydrogen-bond donors (Lipinski definition) is 1. The Hall–Kier alpha value is -7.92. The summed E-state index contributed by atoms with van der Waals surface area (Å²) in [5, 5.41) is 13.5. The molecule has 0 radical (unpaired) electrons. The molecule has 6 aromatic carbocycles. The number of benzene rings is 6. The van der Waals surface area contributed by atoms with Crippen LogP contribution in [0.25, 0.3) is 35.1 Å².